The SMILES string of the molecule is COC1CNCC1NC(=O)c1cc(C)n(-c2cc(C)on2)c1C. The Balaban J connectivity index is 1.84. The highest BCUT2D eigenvalue weighted by Gasteiger charge is 2.29. The number of methoxy groups -OCH3 is 1. The molecule has 124 valence electrons. The van der Waals surface area contributed by atoms with Crippen molar-refractivity contribution in [2.45, 2.75) is 32.9 Å². The molecule has 3 heterocycles. The summed E-state index contributed by atoms with van der Waals surface area (Å²) < 4.78 is 12.4. The van der Waals surface area contributed by atoms with Gasteiger partial charge in [0, 0.05) is 37.7 Å². The van der Waals surface area contributed by atoms with Gasteiger partial charge >= 0.3 is 0 Å². The second-order valence-corrected chi connectivity index (χ2v) is 5.93. The Kier molecular flexibility index (Phi) is 4.23. The zero-order valence-corrected chi connectivity index (χ0v) is 13.8. The number of hydrogen-bond acceptors (Lipinski definition) is 5. The standard InChI is InChI=1S/C16H22N4O3/c1-9-5-12(11(3)20(9)15-6-10(2)23-19-15)16(21)18-13-7-17-8-14(13)22-4/h5-6,13-14,17H,7-8H2,1-4H3,(H,18,21). The Morgan fingerprint density at radius 2 is 2.17 bits per heavy atom. The largest absolute Gasteiger partial charge is 0.378 e. The molecule has 1 aliphatic heterocycles. The normalized spacial score (nSPS) is 20.9. The van der Waals surface area contributed by atoms with Gasteiger partial charge in [0.25, 0.3) is 5.91 Å². The van der Waals surface area contributed by atoms with E-state index in [0.29, 0.717) is 17.9 Å². The van der Waals surface area contributed by atoms with Gasteiger partial charge in [0.15, 0.2) is 5.82 Å². The van der Waals surface area contributed by atoms with Crippen LogP contribution in [0.5, 0.6) is 0 Å². The molecule has 1 amide bonds. The molecule has 0 bridgehead atoms. The Morgan fingerprint density at radius 3 is 2.83 bits per heavy atom. The monoisotopic (exact) mass is 318 g/mol. The lowest BCUT2D eigenvalue weighted by Gasteiger charge is -2.18. The van der Waals surface area contributed by atoms with E-state index in [0.717, 1.165) is 23.7 Å². The quantitative estimate of drug-likeness (QED) is 0.882. The summed E-state index contributed by atoms with van der Waals surface area (Å²) >= 11 is 0. The number of rotatable bonds is 4. The number of hydrogen-bond donors (Lipinski definition) is 2. The van der Waals surface area contributed by atoms with Crippen molar-refractivity contribution >= 4 is 5.91 Å². The Morgan fingerprint density at radius 1 is 1.39 bits per heavy atom. The summed E-state index contributed by atoms with van der Waals surface area (Å²) in [5, 5.41) is 10.3. The molecule has 3 rings (SSSR count). The van der Waals surface area contributed by atoms with E-state index in [1.165, 1.54) is 0 Å². The number of nitrogens with zero attached hydrogens (tertiary/aromatic N) is 2. The minimum atomic E-state index is -0.0969. The molecule has 7 nitrogen and oxygen atoms in total. The number of nitrogens with one attached hydrogen (secondary N) is 2. The molecule has 0 aliphatic carbocycles. The van der Waals surface area contributed by atoms with Crippen molar-refractivity contribution in [3.63, 3.8) is 0 Å². The molecule has 2 unspecified atom stereocenters. The third kappa shape index (κ3) is 2.89. The maximum absolute atomic E-state index is 12.6. The number of aryl methyl sites for hydroxylation is 2. The Hall–Kier alpha value is -2.12. The number of amides is 1. The van der Waals surface area contributed by atoms with E-state index in [4.69, 9.17) is 9.26 Å². The summed E-state index contributed by atoms with van der Waals surface area (Å²) in [6.07, 6.45) is 0.000582. The molecule has 2 N–H and O–H groups in total. The van der Waals surface area contributed by atoms with Crippen LogP contribution in [0.25, 0.3) is 5.82 Å². The van der Waals surface area contributed by atoms with Crippen LogP contribution in [0.3, 0.4) is 0 Å². The van der Waals surface area contributed by atoms with Crippen molar-refractivity contribution in [3.05, 3.63) is 34.8 Å². The summed E-state index contributed by atoms with van der Waals surface area (Å²) in [5.41, 5.74) is 2.42. The van der Waals surface area contributed by atoms with Crippen LogP contribution in [0.15, 0.2) is 16.7 Å². The molecule has 0 aromatic carbocycles. The van der Waals surface area contributed by atoms with Crippen LogP contribution >= 0.6 is 0 Å². The van der Waals surface area contributed by atoms with Gasteiger partial charge in [-0.15, -0.1) is 0 Å². The van der Waals surface area contributed by atoms with Crippen LogP contribution in [0.4, 0.5) is 0 Å². The summed E-state index contributed by atoms with van der Waals surface area (Å²) in [6.45, 7) is 7.16. The highest BCUT2D eigenvalue weighted by molar-refractivity contribution is 5.96. The predicted molar refractivity (Wildman–Crippen MR) is 85.0 cm³/mol. The summed E-state index contributed by atoms with van der Waals surface area (Å²) in [4.78, 5) is 12.6. The molecular weight excluding hydrogens is 296 g/mol. The predicted octanol–water partition coefficient (Wildman–Crippen LogP) is 1.11. The van der Waals surface area contributed by atoms with Crippen molar-refractivity contribution in [1.82, 2.24) is 20.4 Å². The van der Waals surface area contributed by atoms with E-state index in [9.17, 15) is 4.79 Å². The summed E-state index contributed by atoms with van der Waals surface area (Å²) in [5.74, 6) is 1.33. The zero-order valence-electron chi connectivity index (χ0n) is 13.8. The molecule has 7 heteroatoms. The maximum Gasteiger partial charge on any atom is 0.253 e. The first kappa shape index (κ1) is 15.8. The third-order valence-corrected chi connectivity index (χ3v) is 4.30. The van der Waals surface area contributed by atoms with Gasteiger partial charge in [-0.1, -0.05) is 5.16 Å². The zero-order chi connectivity index (χ0) is 16.6. The molecule has 23 heavy (non-hydrogen) atoms. The fraction of sp³-hybridized carbons (Fsp3) is 0.500. The summed E-state index contributed by atoms with van der Waals surface area (Å²) in [7, 11) is 1.66. The van der Waals surface area contributed by atoms with Gasteiger partial charge < -0.3 is 19.9 Å². The lowest BCUT2D eigenvalue weighted by molar-refractivity contribution is 0.0779. The highest BCUT2D eigenvalue weighted by atomic mass is 16.5. The Bertz CT molecular complexity index is 719. The van der Waals surface area contributed by atoms with Crippen molar-refractivity contribution in [1.29, 1.82) is 0 Å². The summed E-state index contributed by atoms with van der Waals surface area (Å²) in [6, 6.07) is 3.70. The molecule has 1 saturated heterocycles. The van der Waals surface area contributed by atoms with Gasteiger partial charge in [-0.25, -0.2) is 0 Å². The van der Waals surface area contributed by atoms with Gasteiger partial charge in [0.2, 0.25) is 0 Å². The lowest BCUT2D eigenvalue weighted by Crippen LogP contribution is -2.43. The number of carbonyl (C=O) groups is 1. The Labute approximate surface area is 135 Å². The average molecular weight is 318 g/mol. The minimum absolute atomic E-state index is 0.000582. The maximum atomic E-state index is 12.6. The van der Waals surface area contributed by atoms with Crippen LogP contribution in [0, 0.1) is 20.8 Å². The fourth-order valence-corrected chi connectivity index (χ4v) is 3.10. The molecule has 2 atom stereocenters. The first-order valence-corrected chi connectivity index (χ1v) is 7.68. The van der Waals surface area contributed by atoms with Crippen LogP contribution in [-0.4, -0.2) is 48.0 Å². The van der Waals surface area contributed by atoms with Crippen molar-refractivity contribution < 1.29 is 14.1 Å². The minimum Gasteiger partial charge on any atom is -0.378 e. The molecule has 0 saturated carbocycles. The molecule has 2 aromatic rings. The second-order valence-electron chi connectivity index (χ2n) is 5.93. The second kappa shape index (κ2) is 6.17. The molecule has 0 radical (unpaired) electrons. The van der Waals surface area contributed by atoms with Crippen molar-refractivity contribution in [3.8, 4) is 5.82 Å². The molecule has 1 aliphatic rings. The smallest absolute Gasteiger partial charge is 0.253 e. The first-order valence-electron chi connectivity index (χ1n) is 7.68. The third-order valence-electron chi connectivity index (χ3n) is 4.30. The van der Waals surface area contributed by atoms with E-state index in [-0.39, 0.29) is 18.1 Å². The fourth-order valence-electron chi connectivity index (χ4n) is 3.10. The molecule has 2 aromatic heterocycles. The number of aromatic nitrogens is 2. The molecule has 1 fully saturated rings. The van der Waals surface area contributed by atoms with E-state index in [1.807, 2.05) is 37.5 Å². The van der Waals surface area contributed by atoms with E-state index in [1.54, 1.807) is 7.11 Å². The van der Waals surface area contributed by atoms with Crippen LogP contribution in [0.2, 0.25) is 0 Å². The van der Waals surface area contributed by atoms with Gasteiger partial charge in [0.05, 0.1) is 17.7 Å². The van der Waals surface area contributed by atoms with E-state index >= 15 is 0 Å². The number of carbonyl (C=O) groups excluding carboxylic acids is 1. The van der Waals surface area contributed by atoms with Crippen LogP contribution in [-0.2, 0) is 4.74 Å². The first-order chi connectivity index (χ1) is 11.0. The lowest BCUT2D eigenvalue weighted by atomic mass is 10.1. The van der Waals surface area contributed by atoms with E-state index in [2.05, 4.69) is 15.8 Å². The highest BCUT2D eigenvalue weighted by Crippen LogP contribution is 2.21. The van der Waals surface area contributed by atoms with Crippen LogP contribution in [0.1, 0.15) is 27.5 Å². The topological polar surface area (TPSA) is 81.3 Å². The van der Waals surface area contributed by atoms with Gasteiger partial charge in [0.1, 0.15) is 5.76 Å². The van der Waals surface area contributed by atoms with Crippen molar-refractivity contribution in [2.24, 2.45) is 0 Å². The number of ether oxygens (including phenoxy) is 1. The molecule has 0 spiro atoms. The van der Waals surface area contributed by atoms with Crippen molar-refractivity contribution in [2.75, 3.05) is 20.2 Å². The average Bonchev–Trinajstić information content (AvgIpc) is 3.19. The van der Waals surface area contributed by atoms with Gasteiger partial charge in [-0.3, -0.25) is 9.36 Å². The molecular formula is C16H22N4O3. The van der Waals surface area contributed by atoms with Gasteiger partial charge in [-0.05, 0) is 26.8 Å². The van der Waals surface area contributed by atoms with Crippen LogP contribution < -0.4 is 10.6 Å². The van der Waals surface area contributed by atoms with E-state index < -0.39 is 0 Å². The van der Waals surface area contributed by atoms with Gasteiger partial charge in [-0.2, -0.15) is 0 Å².